The molecule has 2 aromatic rings. The van der Waals surface area contributed by atoms with Gasteiger partial charge >= 0.3 is 0 Å². The summed E-state index contributed by atoms with van der Waals surface area (Å²) >= 11 is 3.41. The molecule has 0 radical (unpaired) electrons. The normalized spacial score (nSPS) is 10.3. The maximum absolute atomic E-state index is 13.1. The first-order valence-corrected chi connectivity index (χ1v) is 6.75. The minimum absolute atomic E-state index is 0.298. The van der Waals surface area contributed by atoms with Gasteiger partial charge in [-0.1, -0.05) is 19.1 Å². The molecule has 98 valence electrons. The summed E-state index contributed by atoms with van der Waals surface area (Å²) in [6.07, 6.45) is 0.927. The van der Waals surface area contributed by atoms with Crippen molar-refractivity contribution in [1.29, 1.82) is 0 Å². The van der Waals surface area contributed by atoms with Gasteiger partial charge in [0.25, 0.3) is 5.91 Å². The largest absolute Gasteiger partial charge is 0.321 e. The predicted octanol–water partition coefficient (Wildman–Crippen LogP) is 4.40. The van der Waals surface area contributed by atoms with Gasteiger partial charge in [0.1, 0.15) is 5.82 Å². The van der Waals surface area contributed by atoms with E-state index in [4.69, 9.17) is 0 Å². The number of hydrogen-bond acceptors (Lipinski definition) is 1. The van der Waals surface area contributed by atoms with E-state index in [0.717, 1.165) is 10.9 Å². The number of halogens is 2. The van der Waals surface area contributed by atoms with Gasteiger partial charge in [0.2, 0.25) is 0 Å². The second-order valence-corrected chi connectivity index (χ2v) is 4.99. The number of hydrogen-bond donors (Lipinski definition) is 1. The Morgan fingerprint density at radius 2 is 2.05 bits per heavy atom. The van der Waals surface area contributed by atoms with Gasteiger partial charge in [0.05, 0.1) is 5.69 Å². The molecule has 0 heterocycles. The molecule has 0 aliphatic heterocycles. The summed E-state index contributed by atoms with van der Waals surface area (Å²) in [5, 5.41) is 2.75. The minimum Gasteiger partial charge on any atom is -0.321 e. The molecule has 0 saturated carbocycles. The third-order valence-electron chi connectivity index (χ3n) is 2.78. The fraction of sp³-hybridized carbons (Fsp3) is 0.133. The highest BCUT2D eigenvalue weighted by atomic mass is 79.9. The summed E-state index contributed by atoms with van der Waals surface area (Å²) in [5.41, 5.74) is 2.15. The standard InChI is InChI=1S/C15H13BrFNO/c1-2-10-6-7-14(13(16)8-10)18-15(19)11-4-3-5-12(17)9-11/h3-9H,2H2,1H3,(H,18,19). The van der Waals surface area contributed by atoms with Crippen LogP contribution in [0.4, 0.5) is 10.1 Å². The van der Waals surface area contributed by atoms with Gasteiger partial charge in [-0.15, -0.1) is 0 Å². The molecule has 0 fully saturated rings. The average Bonchev–Trinajstić information content (AvgIpc) is 2.41. The molecular weight excluding hydrogens is 309 g/mol. The average molecular weight is 322 g/mol. The van der Waals surface area contributed by atoms with E-state index in [-0.39, 0.29) is 5.91 Å². The molecular formula is C15H13BrFNO. The lowest BCUT2D eigenvalue weighted by molar-refractivity contribution is 0.102. The number of benzene rings is 2. The van der Waals surface area contributed by atoms with Crippen molar-refractivity contribution in [2.24, 2.45) is 0 Å². The number of nitrogens with one attached hydrogen (secondary N) is 1. The summed E-state index contributed by atoms with van der Waals surface area (Å²) in [5.74, 6) is -0.752. The Kier molecular flexibility index (Phi) is 4.32. The molecule has 1 amide bonds. The fourth-order valence-corrected chi connectivity index (χ4v) is 2.23. The van der Waals surface area contributed by atoms with E-state index in [1.54, 1.807) is 6.07 Å². The van der Waals surface area contributed by atoms with Gasteiger partial charge < -0.3 is 5.32 Å². The van der Waals surface area contributed by atoms with E-state index >= 15 is 0 Å². The van der Waals surface area contributed by atoms with Crippen LogP contribution in [0.5, 0.6) is 0 Å². The SMILES string of the molecule is CCc1ccc(NC(=O)c2cccc(F)c2)c(Br)c1. The maximum Gasteiger partial charge on any atom is 0.255 e. The second kappa shape index (κ2) is 5.97. The zero-order valence-corrected chi connectivity index (χ0v) is 12.0. The Morgan fingerprint density at radius 1 is 1.26 bits per heavy atom. The Balaban J connectivity index is 2.19. The van der Waals surface area contributed by atoms with E-state index in [9.17, 15) is 9.18 Å². The van der Waals surface area contributed by atoms with Crippen molar-refractivity contribution in [2.75, 3.05) is 5.32 Å². The van der Waals surface area contributed by atoms with E-state index in [0.29, 0.717) is 11.3 Å². The summed E-state index contributed by atoms with van der Waals surface area (Å²) < 4.78 is 13.9. The first kappa shape index (κ1) is 13.7. The lowest BCUT2D eigenvalue weighted by Crippen LogP contribution is -2.12. The van der Waals surface area contributed by atoms with E-state index in [1.165, 1.54) is 23.8 Å². The molecule has 2 aromatic carbocycles. The minimum atomic E-state index is -0.423. The lowest BCUT2D eigenvalue weighted by atomic mass is 10.1. The van der Waals surface area contributed by atoms with Crippen molar-refractivity contribution in [3.05, 3.63) is 63.9 Å². The van der Waals surface area contributed by atoms with Crippen LogP contribution >= 0.6 is 15.9 Å². The Morgan fingerprint density at radius 3 is 2.68 bits per heavy atom. The number of aryl methyl sites for hydroxylation is 1. The molecule has 4 heteroatoms. The topological polar surface area (TPSA) is 29.1 Å². The van der Waals surface area contributed by atoms with Crippen molar-refractivity contribution in [3.63, 3.8) is 0 Å². The quantitative estimate of drug-likeness (QED) is 0.891. The van der Waals surface area contributed by atoms with Crippen molar-refractivity contribution in [1.82, 2.24) is 0 Å². The van der Waals surface area contributed by atoms with E-state index in [2.05, 4.69) is 28.2 Å². The van der Waals surface area contributed by atoms with Crippen LogP contribution < -0.4 is 5.32 Å². The Hall–Kier alpha value is -1.68. The maximum atomic E-state index is 13.1. The molecule has 1 N–H and O–H groups in total. The van der Waals surface area contributed by atoms with Gasteiger partial charge in [0.15, 0.2) is 0 Å². The van der Waals surface area contributed by atoms with Crippen LogP contribution in [-0.4, -0.2) is 5.91 Å². The molecule has 0 atom stereocenters. The molecule has 0 unspecified atom stereocenters. The zero-order valence-electron chi connectivity index (χ0n) is 10.4. The summed E-state index contributed by atoms with van der Waals surface area (Å²) in [6, 6.07) is 11.4. The molecule has 0 aromatic heterocycles. The van der Waals surface area contributed by atoms with Crippen molar-refractivity contribution in [2.45, 2.75) is 13.3 Å². The molecule has 19 heavy (non-hydrogen) atoms. The molecule has 0 spiro atoms. The van der Waals surface area contributed by atoms with Crippen LogP contribution in [-0.2, 0) is 6.42 Å². The third-order valence-corrected chi connectivity index (χ3v) is 3.43. The van der Waals surface area contributed by atoms with Crippen LogP contribution in [0, 0.1) is 5.82 Å². The van der Waals surface area contributed by atoms with Gasteiger partial charge in [-0.25, -0.2) is 4.39 Å². The van der Waals surface area contributed by atoms with E-state index in [1.807, 2.05) is 18.2 Å². The molecule has 0 saturated heterocycles. The number of amides is 1. The number of rotatable bonds is 3. The number of carbonyl (C=O) groups is 1. The van der Waals surface area contributed by atoms with E-state index < -0.39 is 5.82 Å². The van der Waals surface area contributed by atoms with Crippen LogP contribution in [0.2, 0.25) is 0 Å². The summed E-state index contributed by atoms with van der Waals surface area (Å²) in [4.78, 5) is 12.0. The van der Waals surface area contributed by atoms with Crippen molar-refractivity contribution >= 4 is 27.5 Å². The smallest absolute Gasteiger partial charge is 0.255 e. The monoisotopic (exact) mass is 321 g/mol. The highest BCUT2D eigenvalue weighted by Gasteiger charge is 2.09. The third kappa shape index (κ3) is 3.41. The first-order valence-electron chi connectivity index (χ1n) is 5.95. The van der Waals surface area contributed by atoms with Gasteiger partial charge in [0, 0.05) is 10.0 Å². The van der Waals surface area contributed by atoms with Crippen LogP contribution in [0.3, 0.4) is 0 Å². The highest BCUT2D eigenvalue weighted by molar-refractivity contribution is 9.10. The van der Waals surface area contributed by atoms with Crippen LogP contribution in [0.15, 0.2) is 46.9 Å². The second-order valence-electron chi connectivity index (χ2n) is 4.13. The number of anilines is 1. The summed E-state index contributed by atoms with van der Waals surface area (Å²) in [7, 11) is 0. The Bertz CT molecular complexity index is 613. The predicted molar refractivity (Wildman–Crippen MR) is 77.9 cm³/mol. The molecule has 0 aliphatic carbocycles. The van der Waals surface area contributed by atoms with Gasteiger partial charge in [-0.2, -0.15) is 0 Å². The van der Waals surface area contributed by atoms with Gasteiger partial charge in [-0.3, -0.25) is 4.79 Å². The molecule has 2 nitrogen and oxygen atoms in total. The molecule has 0 aliphatic rings. The lowest BCUT2D eigenvalue weighted by Gasteiger charge is -2.09. The summed E-state index contributed by atoms with van der Waals surface area (Å²) in [6.45, 7) is 2.06. The fourth-order valence-electron chi connectivity index (χ4n) is 1.70. The van der Waals surface area contributed by atoms with Crippen LogP contribution in [0.1, 0.15) is 22.8 Å². The number of carbonyl (C=O) groups excluding carboxylic acids is 1. The van der Waals surface area contributed by atoms with Crippen molar-refractivity contribution < 1.29 is 9.18 Å². The zero-order chi connectivity index (χ0) is 13.8. The van der Waals surface area contributed by atoms with Gasteiger partial charge in [-0.05, 0) is 58.2 Å². The first-order chi connectivity index (χ1) is 9.10. The van der Waals surface area contributed by atoms with Crippen LogP contribution in [0.25, 0.3) is 0 Å². The highest BCUT2D eigenvalue weighted by Crippen LogP contribution is 2.24. The molecule has 0 bridgehead atoms. The van der Waals surface area contributed by atoms with Crippen molar-refractivity contribution in [3.8, 4) is 0 Å². The molecule has 2 rings (SSSR count). The Labute approximate surface area is 119 Å².